The molecule has 0 spiro atoms. The molecule has 4 rings (SSSR count). The number of rotatable bonds is 1. The molecule has 136 valence electrons. The number of oxime groups is 1. The summed E-state index contributed by atoms with van der Waals surface area (Å²) in [5.74, 6) is 3.74. The summed E-state index contributed by atoms with van der Waals surface area (Å²) >= 11 is 0. The van der Waals surface area contributed by atoms with Gasteiger partial charge in [0.25, 0.3) is 0 Å². The van der Waals surface area contributed by atoms with Crippen molar-refractivity contribution in [2.75, 3.05) is 0 Å². The highest BCUT2D eigenvalue weighted by Gasteiger charge is 2.60. The third kappa shape index (κ3) is 2.22. The van der Waals surface area contributed by atoms with Crippen LogP contribution in [0.25, 0.3) is 0 Å². The zero-order chi connectivity index (χ0) is 17.1. The Morgan fingerprint density at radius 3 is 2.38 bits per heavy atom. The highest BCUT2D eigenvalue weighted by Crippen LogP contribution is 2.67. The Labute approximate surface area is 146 Å². The first-order valence-corrected chi connectivity index (χ1v) is 10.3. The molecule has 3 heteroatoms. The van der Waals surface area contributed by atoms with Crippen molar-refractivity contribution in [1.82, 2.24) is 0 Å². The van der Waals surface area contributed by atoms with Crippen LogP contribution >= 0.6 is 0 Å². The number of hydrogen-bond donors (Lipinski definition) is 2. The summed E-state index contributed by atoms with van der Waals surface area (Å²) in [6.45, 7) is 7.06. The number of fused-ring (bicyclic) bond motifs is 5. The zero-order valence-corrected chi connectivity index (χ0v) is 15.7. The number of aliphatic hydroxyl groups is 1. The van der Waals surface area contributed by atoms with Gasteiger partial charge >= 0.3 is 0 Å². The van der Waals surface area contributed by atoms with E-state index in [-0.39, 0.29) is 6.10 Å². The number of hydrogen-bond acceptors (Lipinski definition) is 3. The van der Waals surface area contributed by atoms with E-state index in [2.05, 4.69) is 19.0 Å². The van der Waals surface area contributed by atoms with Crippen molar-refractivity contribution in [3.63, 3.8) is 0 Å². The second-order valence-corrected chi connectivity index (χ2v) is 10.0. The molecule has 0 radical (unpaired) electrons. The topological polar surface area (TPSA) is 52.8 Å². The molecule has 8 atom stereocenters. The Balaban J connectivity index is 1.61. The van der Waals surface area contributed by atoms with Gasteiger partial charge in [-0.1, -0.05) is 19.0 Å². The molecule has 0 aliphatic heterocycles. The van der Waals surface area contributed by atoms with E-state index >= 15 is 0 Å². The summed E-state index contributed by atoms with van der Waals surface area (Å²) in [5, 5.41) is 23.0. The average molecular weight is 334 g/mol. The van der Waals surface area contributed by atoms with Gasteiger partial charge in [0, 0.05) is 5.92 Å². The lowest BCUT2D eigenvalue weighted by Crippen LogP contribution is -2.54. The Bertz CT molecular complexity index is 532. The van der Waals surface area contributed by atoms with Gasteiger partial charge in [-0.2, -0.15) is 0 Å². The first-order valence-electron chi connectivity index (χ1n) is 10.3. The average Bonchev–Trinajstić information content (AvgIpc) is 2.92. The van der Waals surface area contributed by atoms with Crippen LogP contribution in [0.4, 0.5) is 0 Å². The van der Waals surface area contributed by atoms with E-state index in [1.807, 2.05) is 6.92 Å². The Kier molecular flexibility index (Phi) is 4.02. The van der Waals surface area contributed by atoms with E-state index in [0.717, 1.165) is 42.2 Å². The van der Waals surface area contributed by atoms with Crippen LogP contribution in [0.3, 0.4) is 0 Å². The van der Waals surface area contributed by atoms with Gasteiger partial charge in [0.1, 0.15) is 0 Å². The molecule has 0 unspecified atom stereocenters. The SMILES string of the molecule is C/C(=N\O)[C@H]1CC[C@H]2[C@@H]3CC[C@H]4C[C@H](O)CC[C@]4(C)[C@H]3CC[C@]12C. The van der Waals surface area contributed by atoms with Crippen LogP contribution in [0, 0.1) is 40.4 Å². The van der Waals surface area contributed by atoms with Crippen molar-refractivity contribution in [3.05, 3.63) is 0 Å². The fourth-order valence-electron chi connectivity index (χ4n) is 7.99. The normalized spacial score (nSPS) is 54.8. The summed E-state index contributed by atoms with van der Waals surface area (Å²) in [5.41, 5.74) is 1.76. The molecule has 0 aromatic rings. The van der Waals surface area contributed by atoms with Crippen LogP contribution in [0.1, 0.15) is 78.6 Å². The van der Waals surface area contributed by atoms with Gasteiger partial charge in [-0.05, 0) is 99.2 Å². The standard InChI is InChI=1S/C21H35NO2/c1-13(22-24)17-6-7-18-16-5-4-14-12-15(23)8-10-20(14,2)19(16)9-11-21(17,18)3/h14-19,23-24H,4-12H2,1-3H3/b22-13+/t14-,15+,16-,17+,18-,19-,20-,21+/m0/s1. The molecule has 4 aliphatic rings. The maximum absolute atomic E-state index is 10.1. The Morgan fingerprint density at radius 2 is 1.62 bits per heavy atom. The third-order valence-corrected chi connectivity index (χ3v) is 9.30. The maximum atomic E-state index is 10.1. The van der Waals surface area contributed by atoms with Crippen molar-refractivity contribution in [1.29, 1.82) is 0 Å². The van der Waals surface area contributed by atoms with E-state index in [0.29, 0.717) is 16.7 Å². The molecule has 0 saturated heterocycles. The summed E-state index contributed by atoms with van der Waals surface area (Å²) in [7, 11) is 0. The number of aliphatic hydroxyl groups excluding tert-OH is 1. The zero-order valence-electron chi connectivity index (χ0n) is 15.7. The van der Waals surface area contributed by atoms with Gasteiger partial charge in [0.15, 0.2) is 0 Å². The Morgan fingerprint density at radius 1 is 0.917 bits per heavy atom. The summed E-state index contributed by atoms with van der Waals surface area (Å²) < 4.78 is 0. The van der Waals surface area contributed by atoms with Gasteiger partial charge < -0.3 is 10.3 Å². The highest BCUT2D eigenvalue weighted by atomic mass is 16.4. The van der Waals surface area contributed by atoms with E-state index in [1.54, 1.807) is 0 Å². The molecule has 0 aromatic heterocycles. The fraction of sp³-hybridized carbons (Fsp3) is 0.952. The predicted octanol–water partition coefficient (Wildman–Crippen LogP) is 4.86. The number of nitrogens with zero attached hydrogens (tertiary/aromatic N) is 1. The largest absolute Gasteiger partial charge is 0.411 e. The lowest BCUT2D eigenvalue weighted by Gasteiger charge is -2.61. The molecule has 3 nitrogen and oxygen atoms in total. The minimum absolute atomic E-state index is 0.0484. The van der Waals surface area contributed by atoms with Crippen LogP contribution in [-0.4, -0.2) is 22.1 Å². The summed E-state index contributed by atoms with van der Waals surface area (Å²) in [4.78, 5) is 0. The van der Waals surface area contributed by atoms with Crippen molar-refractivity contribution in [2.24, 2.45) is 45.6 Å². The van der Waals surface area contributed by atoms with Crippen molar-refractivity contribution in [2.45, 2.75) is 84.7 Å². The second-order valence-electron chi connectivity index (χ2n) is 10.0. The summed E-state index contributed by atoms with van der Waals surface area (Å²) in [6.07, 6.45) is 11.1. The molecular formula is C21H35NO2. The van der Waals surface area contributed by atoms with E-state index in [4.69, 9.17) is 0 Å². The maximum Gasteiger partial charge on any atom is 0.0576 e. The van der Waals surface area contributed by atoms with Crippen LogP contribution in [0.5, 0.6) is 0 Å². The molecule has 24 heavy (non-hydrogen) atoms. The lowest BCUT2D eigenvalue weighted by molar-refractivity contribution is -0.123. The quantitative estimate of drug-likeness (QED) is 0.409. The summed E-state index contributed by atoms with van der Waals surface area (Å²) in [6, 6.07) is 0. The highest BCUT2D eigenvalue weighted by molar-refractivity contribution is 5.84. The van der Waals surface area contributed by atoms with Gasteiger partial charge in [-0.25, -0.2) is 0 Å². The molecule has 0 amide bonds. The molecule has 0 aromatic carbocycles. The lowest BCUT2D eigenvalue weighted by atomic mass is 9.44. The van der Waals surface area contributed by atoms with E-state index in [1.165, 1.54) is 44.9 Å². The van der Waals surface area contributed by atoms with Crippen LogP contribution in [0.15, 0.2) is 5.16 Å². The van der Waals surface area contributed by atoms with Crippen molar-refractivity contribution < 1.29 is 10.3 Å². The Hall–Kier alpha value is -0.570. The first kappa shape index (κ1) is 16.9. The van der Waals surface area contributed by atoms with Crippen LogP contribution in [-0.2, 0) is 0 Å². The molecule has 0 heterocycles. The fourth-order valence-corrected chi connectivity index (χ4v) is 7.99. The van der Waals surface area contributed by atoms with E-state index < -0.39 is 0 Å². The molecule has 4 saturated carbocycles. The smallest absolute Gasteiger partial charge is 0.0576 e. The van der Waals surface area contributed by atoms with Crippen molar-refractivity contribution >= 4 is 5.71 Å². The van der Waals surface area contributed by atoms with Crippen LogP contribution < -0.4 is 0 Å². The molecule has 4 fully saturated rings. The molecule has 2 N–H and O–H groups in total. The second kappa shape index (κ2) is 5.72. The monoisotopic (exact) mass is 333 g/mol. The van der Waals surface area contributed by atoms with Gasteiger partial charge in [-0.15, -0.1) is 0 Å². The minimum atomic E-state index is -0.0484. The first-order chi connectivity index (χ1) is 11.4. The predicted molar refractivity (Wildman–Crippen MR) is 96.1 cm³/mol. The van der Waals surface area contributed by atoms with Gasteiger partial charge in [0.05, 0.1) is 11.8 Å². The molecule has 4 aliphatic carbocycles. The molecular weight excluding hydrogens is 298 g/mol. The van der Waals surface area contributed by atoms with Gasteiger partial charge in [-0.3, -0.25) is 0 Å². The van der Waals surface area contributed by atoms with E-state index in [9.17, 15) is 10.3 Å². The minimum Gasteiger partial charge on any atom is -0.411 e. The third-order valence-electron chi connectivity index (χ3n) is 9.30. The van der Waals surface area contributed by atoms with Crippen molar-refractivity contribution in [3.8, 4) is 0 Å². The van der Waals surface area contributed by atoms with Crippen LogP contribution in [0.2, 0.25) is 0 Å². The molecule has 0 bridgehead atoms. The van der Waals surface area contributed by atoms with Gasteiger partial charge in [0.2, 0.25) is 0 Å².